The summed E-state index contributed by atoms with van der Waals surface area (Å²) < 4.78 is 32.0. The second-order valence-electron chi connectivity index (χ2n) is 8.28. The third-order valence-corrected chi connectivity index (χ3v) is 5.95. The molecule has 0 saturated carbocycles. The minimum atomic E-state index is -0.938. The summed E-state index contributed by atoms with van der Waals surface area (Å²) in [6.07, 6.45) is 1.69. The third kappa shape index (κ3) is 5.69. The zero-order valence-corrected chi connectivity index (χ0v) is 18.5. The number of nitrogens with one attached hydrogen (secondary N) is 2. The monoisotopic (exact) mass is 472 g/mol. The Kier molecular flexibility index (Phi) is 7.36. The summed E-state index contributed by atoms with van der Waals surface area (Å²) in [5.41, 5.74) is 0.665. The van der Waals surface area contributed by atoms with E-state index in [1.807, 2.05) is 0 Å². The van der Waals surface area contributed by atoms with Gasteiger partial charge in [-0.15, -0.1) is 0 Å². The van der Waals surface area contributed by atoms with Crippen LogP contribution in [0.25, 0.3) is 0 Å². The SMILES string of the molecule is O=C(NCC1CCCO1)C1CN(C(=O)Nc2ccc(F)cc2)CCN1C(=O)c1ccc(F)cc1. The Morgan fingerprint density at radius 1 is 0.971 bits per heavy atom. The number of urea groups is 1. The number of nitrogens with zero attached hydrogens (tertiary/aromatic N) is 2. The summed E-state index contributed by atoms with van der Waals surface area (Å²) >= 11 is 0. The maximum atomic E-state index is 13.3. The number of hydrogen-bond acceptors (Lipinski definition) is 4. The van der Waals surface area contributed by atoms with Gasteiger partial charge in [0.15, 0.2) is 0 Å². The van der Waals surface area contributed by atoms with Gasteiger partial charge in [-0.05, 0) is 61.4 Å². The molecule has 34 heavy (non-hydrogen) atoms. The third-order valence-electron chi connectivity index (χ3n) is 5.95. The number of carbonyl (C=O) groups excluding carboxylic acids is 3. The largest absolute Gasteiger partial charge is 0.376 e. The van der Waals surface area contributed by atoms with Crippen LogP contribution < -0.4 is 10.6 Å². The maximum Gasteiger partial charge on any atom is 0.321 e. The van der Waals surface area contributed by atoms with E-state index >= 15 is 0 Å². The van der Waals surface area contributed by atoms with E-state index < -0.39 is 35.5 Å². The summed E-state index contributed by atoms with van der Waals surface area (Å²) in [6.45, 7) is 1.24. The van der Waals surface area contributed by atoms with Crippen LogP contribution in [-0.2, 0) is 9.53 Å². The molecule has 0 radical (unpaired) electrons. The molecule has 2 heterocycles. The van der Waals surface area contributed by atoms with E-state index in [2.05, 4.69) is 10.6 Å². The van der Waals surface area contributed by atoms with Gasteiger partial charge in [-0.3, -0.25) is 9.59 Å². The molecule has 2 unspecified atom stereocenters. The number of hydrogen-bond donors (Lipinski definition) is 2. The topological polar surface area (TPSA) is 91.0 Å². The second-order valence-corrected chi connectivity index (χ2v) is 8.28. The van der Waals surface area contributed by atoms with Crippen LogP contribution in [0.3, 0.4) is 0 Å². The van der Waals surface area contributed by atoms with Crippen LogP contribution >= 0.6 is 0 Å². The Hall–Kier alpha value is -3.53. The molecule has 2 N–H and O–H groups in total. The highest BCUT2D eigenvalue weighted by molar-refractivity contribution is 5.98. The van der Waals surface area contributed by atoms with E-state index in [0.29, 0.717) is 18.8 Å². The molecule has 0 aromatic heterocycles. The molecular formula is C24H26F2N4O4. The Bertz CT molecular complexity index is 1030. The van der Waals surface area contributed by atoms with E-state index in [4.69, 9.17) is 4.74 Å². The zero-order chi connectivity index (χ0) is 24.1. The second kappa shape index (κ2) is 10.6. The molecule has 0 bridgehead atoms. The highest BCUT2D eigenvalue weighted by Gasteiger charge is 2.37. The molecule has 180 valence electrons. The number of amides is 4. The minimum absolute atomic E-state index is 0.0304. The molecule has 2 saturated heterocycles. The van der Waals surface area contributed by atoms with Crippen molar-refractivity contribution < 1.29 is 27.9 Å². The van der Waals surface area contributed by atoms with Gasteiger partial charge in [-0.25, -0.2) is 13.6 Å². The van der Waals surface area contributed by atoms with Crippen molar-refractivity contribution in [2.24, 2.45) is 0 Å². The minimum Gasteiger partial charge on any atom is -0.376 e. The fraction of sp³-hybridized carbons (Fsp3) is 0.375. The van der Waals surface area contributed by atoms with Crippen LogP contribution in [0, 0.1) is 11.6 Å². The molecule has 8 nitrogen and oxygen atoms in total. The molecule has 2 aromatic rings. The predicted molar refractivity (Wildman–Crippen MR) is 120 cm³/mol. The van der Waals surface area contributed by atoms with Gasteiger partial charge in [0.05, 0.1) is 12.6 Å². The average Bonchev–Trinajstić information content (AvgIpc) is 3.37. The number of rotatable bonds is 5. The highest BCUT2D eigenvalue weighted by Crippen LogP contribution is 2.18. The van der Waals surface area contributed by atoms with Crippen molar-refractivity contribution in [2.75, 3.05) is 38.1 Å². The van der Waals surface area contributed by atoms with Crippen LogP contribution in [0.1, 0.15) is 23.2 Å². The summed E-state index contributed by atoms with van der Waals surface area (Å²) in [7, 11) is 0. The Morgan fingerprint density at radius 3 is 2.29 bits per heavy atom. The van der Waals surface area contributed by atoms with Gasteiger partial charge in [0.25, 0.3) is 5.91 Å². The lowest BCUT2D eigenvalue weighted by Crippen LogP contribution is -2.62. The first-order valence-corrected chi connectivity index (χ1v) is 11.2. The van der Waals surface area contributed by atoms with E-state index in [-0.39, 0.29) is 31.3 Å². The molecule has 2 aliphatic heterocycles. The molecule has 0 aliphatic carbocycles. The van der Waals surface area contributed by atoms with Gasteiger partial charge in [0.1, 0.15) is 17.7 Å². The zero-order valence-electron chi connectivity index (χ0n) is 18.5. The van der Waals surface area contributed by atoms with Crippen LogP contribution in [0.4, 0.5) is 19.3 Å². The van der Waals surface area contributed by atoms with Crippen molar-refractivity contribution in [3.8, 4) is 0 Å². The molecular weight excluding hydrogens is 446 g/mol. The Balaban J connectivity index is 1.47. The molecule has 10 heteroatoms. The highest BCUT2D eigenvalue weighted by atomic mass is 19.1. The van der Waals surface area contributed by atoms with E-state index in [1.54, 1.807) is 0 Å². The van der Waals surface area contributed by atoms with Gasteiger partial charge >= 0.3 is 6.03 Å². The lowest BCUT2D eigenvalue weighted by atomic mass is 10.1. The first-order chi connectivity index (χ1) is 16.4. The number of ether oxygens (including phenoxy) is 1. The van der Waals surface area contributed by atoms with Crippen LogP contribution in [0.5, 0.6) is 0 Å². The standard InChI is InChI=1S/C24H26F2N4O4/c25-17-5-3-16(4-6-17)23(32)30-12-11-29(24(33)28-19-9-7-18(26)8-10-19)15-21(30)22(31)27-14-20-2-1-13-34-20/h3-10,20-21H,1-2,11-15H2,(H,27,31)(H,28,33). The number of piperazine rings is 1. The lowest BCUT2D eigenvalue weighted by Gasteiger charge is -2.40. The Morgan fingerprint density at radius 2 is 1.65 bits per heavy atom. The van der Waals surface area contributed by atoms with Crippen molar-refractivity contribution in [1.29, 1.82) is 0 Å². The van der Waals surface area contributed by atoms with Gasteiger partial charge in [0, 0.05) is 37.5 Å². The van der Waals surface area contributed by atoms with Gasteiger partial charge in [-0.2, -0.15) is 0 Å². The van der Waals surface area contributed by atoms with Gasteiger partial charge in [0.2, 0.25) is 5.91 Å². The summed E-state index contributed by atoms with van der Waals surface area (Å²) in [5.74, 6) is -1.71. The number of halogens is 2. The van der Waals surface area contributed by atoms with Crippen molar-refractivity contribution in [2.45, 2.75) is 25.0 Å². The van der Waals surface area contributed by atoms with Gasteiger partial charge in [-0.1, -0.05) is 0 Å². The number of anilines is 1. The maximum absolute atomic E-state index is 13.3. The summed E-state index contributed by atoms with van der Waals surface area (Å²) in [5, 5.41) is 5.52. The lowest BCUT2D eigenvalue weighted by molar-refractivity contribution is -0.127. The van der Waals surface area contributed by atoms with Crippen LogP contribution in [0.15, 0.2) is 48.5 Å². The molecule has 4 rings (SSSR count). The van der Waals surface area contributed by atoms with Crippen molar-refractivity contribution in [1.82, 2.24) is 15.1 Å². The number of carbonyl (C=O) groups is 3. The number of benzene rings is 2. The molecule has 2 atom stereocenters. The smallest absolute Gasteiger partial charge is 0.321 e. The summed E-state index contributed by atoms with van der Waals surface area (Å²) in [6, 6.07) is 9.05. The van der Waals surface area contributed by atoms with E-state index in [0.717, 1.165) is 12.8 Å². The summed E-state index contributed by atoms with van der Waals surface area (Å²) in [4.78, 5) is 41.9. The van der Waals surface area contributed by atoms with E-state index in [1.165, 1.54) is 58.3 Å². The van der Waals surface area contributed by atoms with Gasteiger partial charge < -0.3 is 25.2 Å². The molecule has 2 aromatic carbocycles. The van der Waals surface area contributed by atoms with Crippen molar-refractivity contribution >= 4 is 23.5 Å². The van der Waals surface area contributed by atoms with Crippen molar-refractivity contribution in [3.05, 3.63) is 65.7 Å². The fourth-order valence-electron chi connectivity index (χ4n) is 4.07. The van der Waals surface area contributed by atoms with E-state index in [9.17, 15) is 23.2 Å². The Labute approximate surface area is 195 Å². The molecule has 4 amide bonds. The quantitative estimate of drug-likeness (QED) is 0.700. The van der Waals surface area contributed by atoms with Crippen LogP contribution in [0.2, 0.25) is 0 Å². The first-order valence-electron chi connectivity index (χ1n) is 11.2. The first kappa shape index (κ1) is 23.6. The van der Waals surface area contributed by atoms with Crippen molar-refractivity contribution in [3.63, 3.8) is 0 Å². The normalized spacial score (nSPS) is 20.2. The van der Waals surface area contributed by atoms with Crippen LogP contribution in [-0.4, -0.2) is 72.6 Å². The predicted octanol–water partition coefficient (Wildman–Crippen LogP) is 2.62. The average molecular weight is 472 g/mol. The molecule has 2 fully saturated rings. The molecule has 0 spiro atoms. The molecule has 2 aliphatic rings. The fourth-order valence-corrected chi connectivity index (χ4v) is 4.07.